The summed E-state index contributed by atoms with van der Waals surface area (Å²) in [7, 11) is 0. The van der Waals surface area contributed by atoms with Crippen LogP contribution in [-0.2, 0) is 6.54 Å². The minimum Gasteiger partial charge on any atom is -0.475 e. The van der Waals surface area contributed by atoms with Crippen molar-refractivity contribution in [2.24, 2.45) is 11.8 Å². The highest BCUT2D eigenvalue weighted by atomic mass is 35.5. The van der Waals surface area contributed by atoms with Gasteiger partial charge in [-0.15, -0.1) is 12.3 Å². The van der Waals surface area contributed by atoms with Crippen LogP contribution in [0.1, 0.15) is 66.9 Å². The van der Waals surface area contributed by atoms with Crippen molar-refractivity contribution < 1.29 is 14.4 Å². The monoisotopic (exact) mass is 546 g/mol. The molecule has 39 heavy (non-hydrogen) atoms. The number of hydrogen-bond acceptors (Lipinski definition) is 9. The molecule has 12 heteroatoms. The van der Waals surface area contributed by atoms with E-state index in [1.807, 2.05) is 0 Å². The molecular weight excluding hydrogens is 520 g/mol. The fourth-order valence-corrected chi connectivity index (χ4v) is 5.91. The first-order valence-electron chi connectivity index (χ1n) is 13.1. The van der Waals surface area contributed by atoms with E-state index >= 15 is 0 Å². The van der Waals surface area contributed by atoms with Crippen LogP contribution in [0.3, 0.4) is 0 Å². The molecular formula is C27H27ClN8O3. The summed E-state index contributed by atoms with van der Waals surface area (Å²) in [5.74, 6) is 3.78. The van der Waals surface area contributed by atoms with E-state index in [0.29, 0.717) is 63.5 Å². The molecule has 4 aromatic heterocycles. The fourth-order valence-electron chi connectivity index (χ4n) is 5.74. The molecule has 1 aliphatic heterocycles. The predicted molar refractivity (Wildman–Crippen MR) is 143 cm³/mol. The van der Waals surface area contributed by atoms with Crippen molar-refractivity contribution in [3.05, 3.63) is 41.0 Å². The summed E-state index contributed by atoms with van der Waals surface area (Å²) in [5.41, 5.74) is 1.96. The lowest BCUT2D eigenvalue weighted by Crippen LogP contribution is -2.28. The van der Waals surface area contributed by atoms with Crippen molar-refractivity contribution in [2.45, 2.75) is 58.0 Å². The van der Waals surface area contributed by atoms with Gasteiger partial charge in [-0.3, -0.25) is 4.98 Å². The maximum Gasteiger partial charge on any atom is 0.374 e. The zero-order valence-electron chi connectivity index (χ0n) is 21.4. The Balaban J connectivity index is 1.53. The van der Waals surface area contributed by atoms with Gasteiger partial charge in [0.2, 0.25) is 17.7 Å². The Morgan fingerprint density at radius 1 is 1.18 bits per heavy atom. The van der Waals surface area contributed by atoms with E-state index in [1.165, 1.54) is 6.20 Å². The zero-order valence-corrected chi connectivity index (χ0v) is 22.2. The Morgan fingerprint density at radius 2 is 2.00 bits per heavy atom. The Labute approximate surface area is 229 Å². The molecule has 0 bridgehead atoms. The molecule has 200 valence electrons. The number of terminal acetylenes is 1. The van der Waals surface area contributed by atoms with Crippen molar-refractivity contribution in [2.75, 3.05) is 11.4 Å². The molecule has 1 saturated carbocycles. The molecule has 2 aliphatic rings. The van der Waals surface area contributed by atoms with Crippen LogP contribution < -0.4 is 4.90 Å². The van der Waals surface area contributed by atoms with Crippen molar-refractivity contribution in [3.8, 4) is 23.6 Å². The van der Waals surface area contributed by atoms with Crippen molar-refractivity contribution in [1.82, 2.24) is 34.6 Å². The lowest BCUT2D eigenvalue weighted by Gasteiger charge is -2.29. The number of aromatic nitrogens is 7. The smallest absolute Gasteiger partial charge is 0.374 e. The van der Waals surface area contributed by atoms with E-state index < -0.39 is 5.97 Å². The summed E-state index contributed by atoms with van der Waals surface area (Å²) < 4.78 is 7.68. The number of nitrogens with zero attached hydrogens (tertiary/aromatic N) is 8. The average molecular weight is 547 g/mol. The van der Waals surface area contributed by atoms with Gasteiger partial charge in [0.15, 0.2) is 11.5 Å². The molecule has 0 aromatic carbocycles. The molecule has 1 N–H and O–H groups in total. The first kappa shape index (κ1) is 25.2. The highest BCUT2D eigenvalue weighted by Gasteiger charge is 2.36. The third kappa shape index (κ3) is 4.81. The van der Waals surface area contributed by atoms with Gasteiger partial charge in [0.25, 0.3) is 0 Å². The van der Waals surface area contributed by atoms with Crippen LogP contribution >= 0.6 is 11.6 Å². The molecule has 1 atom stereocenters. The molecule has 11 nitrogen and oxygen atoms in total. The lowest BCUT2D eigenvalue weighted by atomic mass is 9.82. The van der Waals surface area contributed by atoms with E-state index in [1.54, 1.807) is 19.2 Å². The van der Waals surface area contributed by atoms with Gasteiger partial charge in [-0.2, -0.15) is 9.97 Å². The first-order chi connectivity index (χ1) is 18.9. The number of aryl methyl sites for hydroxylation is 1. The number of hydrogen-bond donors (Lipinski definition) is 1. The van der Waals surface area contributed by atoms with Gasteiger partial charge >= 0.3 is 5.97 Å². The average Bonchev–Trinajstić information content (AvgIpc) is 3.67. The molecule has 5 heterocycles. The number of pyridine rings is 1. The van der Waals surface area contributed by atoms with Gasteiger partial charge in [0.1, 0.15) is 17.3 Å². The van der Waals surface area contributed by atoms with Gasteiger partial charge in [0.05, 0.1) is 5.02 Å². The third-order valence-corrected chi connectivity index (χ3v) is 7.82. The molecule has 0 spiro atoms. The van der Waals surface area contributed by atoms with E-state index in [-0.39, 0.29) is 11.9 Å². The molecule has 1 aliphatic carbocycles. The Bertz CT molecular complexity index is 1580. The van der Waals surface area contributed by atoms with E-state index in [0.717, 1.165) is 45.1 Å². The predicted octanol–water partition coefficient (Wildman–Crippen LogP) is 4.71. The topological polar surface area (TPSA) is 136 Å². The van der Waals surface area contributed by atoms with Crippen LogP contribution in [0.5, 0.6) is 0 Å². The summed E-state index contributed by atoms with van der Waals surface area (Å²) in [4.78, 5) is 36.6. The van der Waals surface area contributed by atoms with Crippen molar-refractivity contribution in [3.63, 3.8) is 0 Å². The number of anilines is 1. The van der Waals surface area contributed by atoms with Crippen LogP contribution in [0.15, 0.2) is 23.0 Å². The normalized spacial score (nSPS) is 21.4. The minimum absolute atomic E-state index is 0.151. The number of rotatable bonds is 6. The minimum atomic E-state index is -1.24. The lowest BCUT2D eigenvalue weighted by molar-refractivity contribution is 0.0684. The Hall–Kier alpha value is -4.04. The van der Waals surface area contributed by atoms with Crippen LogP contribution in [0.2, 0.25) is 5.02 Å². The van der Waals surface area contributed by atoms with Gasteiger partial charge in [-0.25, -0.2) is 14.8 Å². The highest BCUT2D eigenvalue weighted by molar-refractivity contribution is 6.30. The van der Waals surface area contributed by atoms with Gasteiger partial charge < -0.3 is 19.1 Å². The van der Waals surface area contributed by atoms with Gasteiger partial charge in [-0.1, -0.05) is 16.8 Å². The summed E-state index contributed by atoms with van der Waals surface area (Å²) in [6.07, 6.45) is 14.5. The maximum atomic E-state index is 12.0. The number of fused-ring (bicyclic) bond motifs is 1. The highest BCUT2D eigenvalue weighted by Crippen LogP contribution is 2.40. The second-order valence-electron chi connectivity index (χ2n) is 10.2. The van der Waals surface area contributed by atoms with Crippen LogP contribution in [0.25, 0.3) is 22.4 Å². The molecule has 1 unspecified atom stereocenters. The SMILES string of the molecule is C#C[C@H]1CC[C@H](Cn2c(N3CCCC3c3nc(C)no3)nc3nc(C(=O)O)nc(-c4cncc(Cl)c4)c32)CC1. The van der Waals surface area contributed by atoms with Gasteiger partial charge in [0, 0.05) is 37.0 Å². The molecule has 4 aromatic rings. The quantitative estimate of drug-likeness (QED) is 0.338. The number of aromatic carboxylic acids is 1. The number of carbonyl (C=O) groups is 1. The maximum absolute atomic E-state index is 12.0. The number of carboxylic acid groups (broad SMARTS) is 1. The van der Waals surface area contributed by atoms with Crippen LogP contribution in [-0.4, -0.2) is 52.3 Å². The third-order valence-electron chi connectivity index (χ3n) is 7.61. The second-order valence-corrected chi connectivity index (χ2v) is 10.6. The fraction of sp³-hybridized carbons (Fsp3) is 0.444. The molecule has 2 fully saturated rings. The standard InChI is InChI=1S/C27H27ClN8O3/c1-3-16-6-8-17(9-7-16)14-36-22-21(18-11-19(28)13-29-12-18)31-24(26(37)38)32-23(22)33-27(36)35-10-4-5-20(35)25-30-15(2)34-39-25/h1,11-13,16-17,20H,4-10,14H2,2H3,(H,37,38)/t16-,17-,20?. The van der Waals surface area contributed by atoms with Crippen LogP contribution in [0, 0.1) is 31.1 Å². The number of halogens is 1. The van der Waals surface area contributed by atoms with E-state index in [9.17, 15) is 9.90 Å². The second kappa shape index (κ2) is 10.3. The van der Waals surface area contributed by atoms with Crippen LogP contribution in [0.4, 0.5) is 5.95 Å². The molecule has 0 radical (unpaired) electrons. The summed E-state index contributed by atoms with van der Waals surface area (Å²) in [6.45, 7) is 3.18. The van der Waals surface area contributed by atoms with Crippen molar-refractivity contribution in [1.29, 1.82) is 0 Å². The molecule has 6 rings (SSSR count). The Morgan fingerprint density at radius 3 is 2.69 bits per heavy atom. The van der Waals surface area contributed by atoms with E-state index in [4.69, 9.17) is 27.5 Å². The van der Waals surface area contributed by atoms with Gasteiger partial charge in [-0.05, 0) is 57.4 Å². The number of imidazole rings is 1. The summed E-state index contributed by atoms with van der Waals surface area (Å²) in [5, 5.41) is 14.2. The van der Waals surface area contributed by atoms with Crippen molar-refractivity contribution >= 4 is 34.7 Å². The first-order valence-corrected chi connectivity index (χ1v) is 13.4. The Kier molecular flexibility index (Phi) is 6.64. The summed E-state index contributed by atoms with van der Waals surface area (Å²) >= 11 is 6.28. The molecule has 1 saturated heterocycles. The zero-order chi connectivity index (χ0) is 27.1. The molecule has 0 amide bonds. The number of carboxylic acids is 1. The van der Waals surface area contributed by atoms with E-state index in [2.05, 4.69) is 40.5 Å². The summed E-state index contributed by atoms with van der Waals surface area (Å²) in [6, 6.07) is 1.57. The largest absolute Gasteiger partial charge is 0.475 e.